The molecule has 2 heteroatoms. The summed E-state index contributed by atoms with van der Waals surface area (Å²) in [5.74, 6) is 4.67. The third kappa shape index (κ3) is 2.43. The lowest BCUT2D eigenvalue weighted by Crippen LogP contribution is -2.18. The molecule has 0 aliphatic carbocycles. The smallest absolute Gasteiger partial charge is 0.192 e. The number of hydrogen-bond donors (Lipinski definition) is 1. The minimum absolute atomic E-state index is 0.470. The molecule has 13 heavy (non-hydrogen) atoms. The SMILES string of the molecule is CC(O)(C#CC=O)c1ccccc1. The Morgan fingerprint density at radius 1 is 1.38 bits per heavy atom. The number of carbonyl (C=O) groups excluding carboxylic acids is 1. The van der Waals surface area contributed by atoms with Gasteiger partial charge in [-0.2, -0.15) is 0 Å². The van der Waals surface area contributed by atoms with Crippen molar-refractivity contribution in [1.82, 2.24) is 0 Å². The first kappa shape index (κ1) is 9.50. The lowest BCUT2D eigenvalue weighted by Gasteiger charge is -2.15. The van der Waals surface area contributed by atoms with Crippen molar-refractivity contribution in [3.8, 4) is 11.8 Å². The van der Waals surface area contributed by atoms with E-state index < -0.39 is 5.60 Å². The summed E-state index contributed by atoms with van der Waals surface area (Å²) < 4.78 is 0. The highest BCUT2D eigenvalue weighted by molar-refractivity contribution is 5.73. The fraction of sp³-hybridized carbons (Fsp3) is 0.182. The predicted octanol–water partition coefficient (Wildman–Crippen LogP) is 1.10. The van der Waals surface area contributed by atoms with Gasteiger partial charge in [-0.25, -0.2) is 0 Å². The van der Waals surface area contributed by atoms with Crippen molar-refractivity contribution >= 4 is 6.29 Å². The van der Waals surface area contributed by atoms with Gasteiger partial charge in [-0.3, -0.25) is 4.79 Å². The van der Waals surface area contributed by atoms with Gasteiger partial charge in [-0.05, 0) is 18.4 Å². The molecule has 0 aromatic heterocycles. The van der Waals surface area contributed by atoms with Crippen LogP contribution in [0.2, 0.25) is 0 Å². The molecule has 0 fully saturated rings. The first-order chi connectivity index (χ1) is 6.17. The van der Waals surface area contributed by atoms with Gasteiger partial charge in [0.1, 0.15) is 5.60 Å². The Morgan fingerprint density at radius 3 is 2.54 bits per heavy atom. The standard InChI is InChI=1S/C11H10O2/c1-11(13,8-5-9-12)10-6-3-2-4-7-10/h2-4,6-7,9,13H,1H3. The van der Waals surface area contributed by atoms with Crippen LogP contribution < -0.4 is 0 Å². The molecule has 1 unspecified atom stereocenters. The van der Waals surface area contributed by atoms with E-state index >= 15 is 0 Å². The molecule has 2 nitrogen and oxygen atoms in total. The molecule has 0 bridgehead atoms. The summed E-state index contributed by atoms with van der Waals surface area (Å²) >= 11 is 0. The first-order valence-electron chi connectivity index (χ1n) is 3.91. The van der Waals surface area contributed by atoms with Gasteiger partial charge >= 0.3 is 0 Å². The third-order valence-corrected chi connectivity index (χ3v) is 1.71. The van der Waals surface area contributed by atoms with E-state index in [1.165, 1.54) is 0 Å². The van der Waals surface area contributed by atoms with Crippen molar-refractivity contribution in [2.75, 3.05) is 0 Å². The van der Waals surface area contributed by atoms with Gasteiger partial charge in [0.05, 0.1) is 0 Å². The minimum Gasteiger partial charge on any atom is -0.374 e. The summed E-state index contributed by atoms with van der Waals surface area (Å²) in [6, 6.07) is 9.00. The van der Waals surface area contributed by atoms with E-state index in [0.29, 0.717) is 11.8 Å². The summed E-state index contributed by atoms with van der Waals surface area (Å²) in [6.07, 6.45) is 0.470. The number of hydrogen-bond acceptors (Lipinski definition) is 2. The van der Waals surface area contributed by atoms with E-state index in [-0.39, 0.29) is 0 Å². The van der Waals surface area contributed by atoms with E-state index in [9.17, 15) is 9.90 Å². The number of rotatable bonds is 1. The molecule has 0 amide bonds. The molecule has 0 heterocycles. The quantitative estimate of drug-likeness (QED) is 0.511. The van der Waals surface area contributed by atoms with Crippen molar-refractivity contribution in [2.45, 2.75) is 12.5 Å². The van der Waals surface area contributed by atoms with Crippen LogP contribution >= 0.6 is 0 Å². The van der Waals surface area contributed by atoms with Gasteiger partial charge < -0.3 is 5.11 Å². The highest BCUT2D eigenvalue weighted by Crippen LogP contribution is 2.18. The molecule has 66 valence electrons. The maximum absolute atomic E-state index is 10.00. The van der Waals surface area contributed by atoms with E-state index in [4.69, 9.17) is 0 Å². The van der Waals surface area contributed by atoms with Crippen LogP contribution in [-0.4, -0.2) is 11.4 Å². The monoisotopic (exact) mass is 174 g/mol. The van der Waals surface area contributed by atoms with Crippen LogP contribution in [-0.2, 0) is 10.4 Å². The van der Waals surface area contributed by atoms with Crippen molar-refractivity contribution in [3.05, 3.63) is 35.9 Å². The Balaban J connectivity index is 3.00. The van der Waals surface area contributed by atoms with E-state index in [1.54, 1.807) is 19.1 Å². The summed E-state index contributed by atoms with van der Waals surface area (Å²) in [7, 11) is 0. The maximum atomic E-state index is 10.00. The zero-order valence-corrected chi connectivity index (χ0v) is 7.32. The zero-order valence-electron chi connectivity index (χ0n) is 7.32. The molecular weight excluding hydrogens is 164 g/mol. The van der Waals surface area contributed by atoms with E-state index in [0.717, 1.165) is 0 Å². The van der Waals surface area contributed by atoms with Crippen LogP contribution in [0.1, 0.15) is 12.5 Å². The summed E-state index contributed by atoms with van der Waals surface area (Å²) in [4.78, 5) is 10.00. The third-order valence-electron chi connectivity index (χ3n) is 1.71. The van der Waals surface area contributed by atoms with Gasteiger partial charge in [0, 0.05) is 0 Å². The average Bonchev–Trinajstić information content (AvgIpc) is 2.16. The van der Waals surface area contributed by atoms with Crippen LogP contribution in [0.4, 0.5) is 0 Å². The van der Waals surface area contributed by atoms with Crippen LogP contribution in [0.5, 0.6) is 0 Å². The molecule has 0 spiro atoms. The molecule has 1 aromatic carbocycles. The van der Waals surface area contributed by atoms with Crippen LogP contribution in [0.15, 0.2) is 30.3 Å². The topological polar surface area (TPSA) is 37.3 Å². The number of aliphatic hydroxyl groups is 1. The molecule has 0 aliphatic heterocycles. The summed E-state index contributed by atoms with van der Waals surface area (Å²) in [6.45, 7) is 1.55. The van der Waals surface area contributed by atoms with Gasteiger partial charge in [-0.1, -0.05) is 36.3 Å². The minimum atomic E-state index is -1.25. The highest BCUT2D eigenvalue weighted by atomic mass is 16.3. The second-order valence-electron chi connectivity index (χ2n) is 2.83. The molecule has 0 radical (unpaired) electrons. The Hall–Kier alpha value is -1.59. The Kier molecular flexibility index (Phi) is 2.84. The maximum Gasteiger partial charge on any atom is 0.192 e. The molecule has 0 aliphatic rings. The fourth-order valence-electron chi connectivity index (χ4n) is 1.00. The largest absolute Gasteiger partial charge is 0.374 e. The van der Waals surface area contributed by atoms with Crippen molar-refractivity contribution in [1.29, 1.82) is 0 Å². The second-order valence-corrected chi connectivity index (χ2v) is 2.83. The summed E-state index contributed by atoms with van der Waals surface area (Å²) in [5, 5.41) is 9.78. The Bertz CT molecular complexity index is 341. The lowest BCUT2D eigenvalue weighted by molar-refractivity contribution is -0.103. The lowest BCUT2D eigenvalue weighted by atomic mass is 9.97. The first-order valence-corrected chi connectivity index (χ1v) is 3.91. The molecule has 1 N–H and O–H groups in total. The molecule has 0 saturated carbocycles. The van der Waals surface area contributed by atoms with Crippen LogP contribution in [0.3, 0.4) is 0 Å². The predicted molar refractivity (Wildman–Crippen MR) is 49.9 cm³/mol. The number of aldehydes is 1. The van der Waals surface area contributed by atoms with Crippen LogP contribution in [0, 0.1) is 11.8 Å². The second kappa shape index (κ2) is 3.88. The van der Waals surface area contributed by atoms with E-state index in [2.05, 4.69) is 11.8 Å². The van der Waals surface area contributed by atoms with Crippen LogP contribution in [0.25, 0.3) is 0 Å². The molecule has 1 aromatic rings. The summed E-state index contributed by atoms with van der Waals surface area (Å²) in [5.41, 5.74) is -0.563. The molecular formula is C11H10O2. The van der Waals surface area contributed by atoms with Gasteiger partial charge in [0.25, 0.3) is 0 Å². The van der Waals surface area contributed by atoms with Gasteiger partial charge in [0.15, 0.2) is 6.29 Å². The van der Waals surface area contributed by atoms with Gasteiger partial charge in [0.2, 0.25) is 0 Å². The Morgan fingerprint density at radius 2 is 2.00 bits per heavy atom. The molecule has 1 atom stereocenters. The number of carbonyl (C=O) groups is 1. The normalized spacial score (nSPS) is 13.7. The molecule has 0 saturated heterocycles. The number of benzene rings is 1. The van der Waals surface area contributed by atoms with Crippen molar-refractivity contribution in [3.63, 3.8) is 0 Å². The van der Waals surface area contributed by atoms with Crippen molar-refractivity contribution < 1.29 is 9.90 Å². The van der Waals surface area contributed by atoms with Gasteiger partial charge in [-0.15, -0.1) is 0 Å². The average molecular weight is 174 g/mol. The fourth-order valence-corrected chi connectivity index (χ4v) is 1.00. The Labute approximate surface area is 77.2 Å². The van der Waals surface area contributed by atoms with E-state index in [1.807, 2.05) is 18.2 Å². The van der Waals surface area contributed by atoms with Crippen molar-refractivity contribution in [2.24, 2.45) is 0 Å². The molecule has 1 rings (SSSR count). The highest BCUT2D eigenvalue weighted by Gasteiger charge is 2.18. The zero-order chi connectivity index (χ0) is 9.73.